The highest BCUT2D eigenvalue weighted by Crippen LogP contribution is 2.10. The average molecular weight is 193 g/mol. The predicted octanol–water partition coefficient (Wildman–Crippen LogP) is -0.697. The molecule has 3 N–H and O–H groups in total. The summed E-state index contributed by atoms with van der Waals surface area (Å²) in [5, 5.41) is 1.48. The van der Waals surface area contributed by atoms with Crippen molar-refractivity contribution in [3.63, 3.8) is 0 Å². The number of nitrogens with one attached hydrogen (secondary N) is 1. The summed E-state index contributed by atoms with van der Waals surface area (Å²) in [6.07, 6.45) is 4.48. The summed E-state index contributed by atoms with van der Waals surface area (Å²) in [6, 6.07) is 1.61. The number of anilines is 1. The van der Waals surface area contributed by atoms with Crippen LogP contribution in [0, 0.1) is 0 Å². The Morgan fingerprint density at radius 1 is 1.64 bits per heavy atom. The SMILES string of the molecule is NC(=O)c1nccc(N2C=CON2)n1. The fourth-order valence-electron chi connectivity index (χ4n) is 0.934. The van der Waals surface area contributed by atoms with Gasteiger partial charge in [0.2, 0.25) is 5.82 Å². The molecule has 0 saturated heterocycles. The molecule has 2 heterocycles. The molecule has 0 atom stereocenters. The van der Waals surface area contributed by atoms with Crippen LogP contribution < -0.4 is 16.3 Å². The monoisotopic (exact) mass is 193 g/mol. The van der Waals surface area contributed by atoms with Gasteiger partial charge in [-0.1, -0.05) is 5.59 Å². The van der Waals surface area contributed by atoms with Crippen LogP contribution >= 0.6 is 0 Å². The molecule has 0 bridgehead atoms. The van der Waals surface area contributed by atoms with Gasteiger partial charge in [0, 0.05) is 12.3 Å². The van der Waals surface area contributed by atoms with Gasteiger partial charge in [-0.05, 0) is 0 Å². The van der Waals surface area contributed by atoms with Crippen LogP contribution in [0.5, 0.6) is 0 Å². The molecule has 0 fully saturated rings. The van der Waals surface area contributed by atoms with E-state index in [1.807, 2.05) is 0 Å². The van der Waals surface area contributed by atoms with Gasteiger partial charge in [0.1, 0.15) is 6.26 Å². The van der Waals surface area contributed by atoms with Crippen molar-refractivity contribution in [2.45, 2.75) is 0 Å². The molecule has 0 saturated carbocycles. The molecule has 7 nitrogen and oxygen atoms in total. The van der Waals surface area contributed by atoms with Crippen LogP contribution in [-0.2, 0) is 4.84 Å². The van der Waals surface area contributed by atoms with Crippen molar-refractivity contribution in [1.82, 2.24) is 15.6 Å². The topological polar surface area (TPSA) is 93.4 Å². The third kappa shape index (κ3) is 1.48. The van der Waals surface area contributed by atoms with Crippen molar-refractivity contribution in [3.05, 3.63) is 30.5 Å². The van der Waals surface area contributed by atoms with Gasteiger partial charge in [-0.2, -0.15) is 0 Å². The van der Waals surface area contributed by atoms with Gasteiger partial charge in [0.05, 0.1) is 6.20 Å². The number of hydrogen-bond acceptors (Lipinski definition) is 6. The standard InChI is InChI=1S/C7H7N5O2/c8-6(13)7-9-2-1-5(10-7)12-3-4-14-11-12/h1-4,11H,(H2,8,13). The predicted molar refractivity (Wildman–Crippen MR) is 46.4 cm³/mol. The number of hydrazine groups is 1. The molecule has 1 aliphatic heterocycles. The number of nitrogens with two attached hydrogens (primary N) is 1. The number of rotatable bonds is 2. The van der Waals surface area contributed by atoms with E-state index in [1.165, 1.54) is 17.5 Å². The molecule has 1 amide bonds. The number of carbonyl (C=O) groups is 1. The summed E-state index contributed by atoms with van der Waals surface area (Å²) in [5.41, 5.74) is 7.55. The number of carbonyl (C=O) groups excluding carboxylic acids is 1. The third-order valence-corrected chi connectivity index (χ3v) is 1.54. The van der Waals surface area contributed by atoms with E-state index in [-0.39, 0.29) is 5.82 Å². The molecular weight excluding hydrogens is 186 g/mol. The molecule has 0 unspecified atom stereocenters. The molecular formula is C7H7N5O2. The summed E-state index contributed by atoms with van der Waals surface area (Å²) in [5.74, 6) is -0.233. The Morgan fingerprint density at radius 2 is 2.50 bits per heavy atom. The maximum atomic E-state index is 10.8. The lowest BCUT2D eigenvalue weighted by Gasteiger charge is -2.12. The zero-order chi connectivity index (χ0) is 9.97. The molecule has 0 spiro atoms. The number of hydrogen-bond donors (Lipinski definition) is 2. The van der Waals surface area contributed by atoms with Crippen LogP contribution in [0.1, 0.15) is 10.6 Å². The van der Waals surface area contributed by atoms with Gasteiger partial charge in [-0.25, -0.2) is 15.0 Å². The van der Waals surface area contributed by atoms with E-state index in [9.17, 15) is 4.79 Å². The largest absolute Gasteiger partial charge is 0.395 e. The first-order chi connectivity index (χ1) is 6.77. The first-order valence-electron chi connectivity index (χ1n) is 3.77. The number of primary amides is 1. The lowest BCUT2D eigenvalue weighted by molar-refractivity contribution is 0.0990. The smallest absolute Gasteiger partial charge is 0.286 e. The summed E-state index contributed by atoms with van der Waals surface area (Å²) in [6.45, 7) is 0. The minimum absolute atomic E-state index is 0.0374. The lowest BCUT2D eigenvalue weighted by Crippen LogP contribution is -2.28. The van der Waals surface area contributed by atoms with E-state index in [0.717, 1.165) is 0 Å². The van der Waals surface area contributed by atoms with E-state index < -0.39 is 5.91 Å². The number of amides is 1. The molecule has 14 heavy (non-hydrogen) atoms. The van der Waals surface area contributed by atoms with E-state index in [4.69, 9.17) is 10.6 Å². The van der Waals surface area contributed by atoms with Crippen molar-refractivity contribution in [2.75, 3.05) is 5.01 Å². The van der Waals surface area contributed by atoms with Crippen LogP contribution in [0.4, 0.5) is 5.82 Å². The molecule has 0 aromatic carbocycles. The van der Waals surface area contributed by atoms with Crippen molar-refractivity contribution in [3.8, 4) is 0 Å². The van der Waals surface area contributed by atoms with E-state index in [1.54, 1.807) is 12.3 Å². The van der Waals surface area contributed by atoms with Crippen LogP contribution in [0.2, 0.25) is 0 Å². The fourth-order valence-corrected chi connectivity index (χ4v) is 0.934. The van der Waals surface area contributed by atoms with Crippen molar-refractivity contribution < 1.29 is 9.63 Å². The van der Waals surface area contributed by atoms with E-state index in [0.29, 0.717) is 5.82 Å². The first kappa shape index (κ1) is 8.45. The molecule has 1 aliphatic rings. The Hall–Kier alpha value is -2.15. The minimum atomic E-state index is -0.670. The molecule has 0 aliphatic carbocycles. The zero-order valence-corrected chi connectivity index (χ0v) is 7.04. The second-order valence-corrected chi connectivity index (χ2v) is 2.47. The molecule has 1 aromatic heterocycles. The van der Waals surface area contributed by atoms with Crippen LogP contribution in [0.25, 0.3) is 0 Å². The first-order valence-corrected chi connectivity index (χ1v) is 3.77. The van der Waals surface area contributed by atoms with Crippen LogP contribution in [0.3, 0.4) is 0 Å². The third-order valence-electron chi connectivity index (χ3n) is 1.54. The van der Waals surface area contributed by atoms with Crippen LogP contribution in [-0.4, -0.2) is 15.9 Å². The second kappa shape index (κ2) is 3.30. The molecule has 1 aromatic rings. The van der Waals surface area contributed by atoms with E-state index in [2.05, 4.69) is 15.6 Å². The number of nitrogens with zero attached hydrogens (tertiary/aromatic N) is 3. The summed E-state index contributed by atoms with van der Waals surface area (Å²) in [7, 11) is 0. The van der Waals surface area contributed by atoms with Crippen LogP contribution in [0.15, 0.2) is 24.7 Å². The van der Waals surface area contributed by atoms with Crippen molar-refractivity contribution in [1.29, 1.82) is 0 Å². The summed E-state index contributed by atoms with van der Waals surface area (Å²) < 4.78 is 0. The molecule has 0 radical (unpaired) electrons. The zero-order valence-electron chi connectivity index (χ0n) is 7.04. The van der Waals surface area contributed by atoms with Gasteiger partial charge in [0.15, 0.2) is 5.82 Å². The Bertz CT molecular complexity index is 391. The quantitative estimate of drug-likeness (QED) is 0.645. The van der Waals surface area contributed by atoms with Crippen molar-refractivity contribution >= 4 is 11.7 Å². The lowest BCUT2D eigenvalue weighted by atomic mass is 10.5. The number of aromatic nitrogens is 2. The average Bonchev–Trinajstić information content (AvgIpc) is 2.71. The Balaban J connectivity index is 2.30. The molecule has 72 valence electrons. The minimum Gasteiger partial charge on any atom is -0.395 e. The normalized spacial score (nSPS) is 14.1. The highest BCUT2D eigenvalue weighted by molar-refractivity contribution is 5.89. The van der Waals surface area contributed by atoms with Gasteiger partial charge < -0.3 is 10.6 Å². The fraction of sp³-hybridized carbons (Fsp3) is 0. The molecule has 2 rings (SSSR count). The van der Waals surface area contributed by atoms with Gasteiger partial charge in [-0.3, -0.25) is 4.79 Å². The maximum Gasteiger partial charge on any atom is 0.286 e. The second-order valence-electron chi connectivity index (χ2n) is 2.47. The maximum absolute atomic E-state index is 10.8. The van der Waals surface area contributed by atoms with Crippen molar-refractivity contribution in [2.24, 2.45) is 5.73 Å². The van der Waals surface area contributed by atoms with Gasteiger partial charge in [-0.15, -0.1) is 0 Å². The summed E-state index contributed by atoms with van der Waals surface area (Å²) in [4.78, 5) is 23.1. The van der Waals surface area contributed by atoms with Gasteiger partial charge in [0.25, 0.3) is 5.91 Å². The highest BCUT2D eigenvalue weighted by atomic mass is 16.7. The molecule has 7 heteroatoms. The Labute approximate surface area is 79.1 Å². The highest BCUT2D eigenvalue weighted by Gasteiger charge is 2.11. The summed E-state index contributed by atoms with van der Waals surface area (Å²) >= 11 is 0. The van der Waals surface area contributed by atoms with Gasteiger partial charge >= 0.3 is 0 Å². The Morgan fingerprint density at radius 3 is 3.14 bits per heavy atom. The Kier molecular flexibility index (Phi) is 1.99. The van der Waals surface area contributed by atoms with E-state index >= 15 is 0 Å².